The van der Waals surface area contributed by atoms with Crippen LogP contribution in [0.5, 0.6) is 0 Å². The lowest BCUT2D eigenvalue weighted by Crippen LogP contribution is -2.62. The maximum Gasteiger partial charge on any atom is 0.220 e. The zero-order valence-corrected chi connectivity index (χ0v) is 37.7. The van der Waals surface area contributed by atoms with E-state index in [4.69, 9.17) is 50.1 Å². The summed E-state index contributed by atoms with van der Waals surface area (Å²) >= 11 is 6.98. The Bertz CT molecular complexity index is 1450. The number of methoxy groups -OCH3 is 1. The molecule has 3 aromatic carbocycles. The molecule has 4 rings (SSSR count). The summed E-state index contributed by atoms with van der Waals surface area (Å²) in [6.45, 7) is 4.97. The lowest BCUT2D eigenvalue weighted by atomic mass is 9.98. The Kier molecular flexibility index (Phi) is 26.3. The summed E-state index contributed by atoms with van der Waals surface area (Å²) in [5.74, 6) is 0. The molecule has 1 fully saturated rings. The van der Waals surface area contributed by atoms with E-state index in [1.807, 2.05) is 97.3 Å². The van der Waals surface area contributed by atoms with Crippen LogP contribution in [0.3, 0.4) is 0 Å². The SMILES string of the molecule is CCCCCCCCCCCCCCCCOC[C@H](CO[C@@H]1O[C@H](COCc2ccccc2)[C@@H](OCc2ccccc2)[C@H](OCc2ccccc2)[C@H]1OC(=S)SC)OC. The predicted molar refractivity (Wildman–Crippen MR) is 244 cm³/mol. The van der Waals surface area contributed by atoms with Crippen LogP contribution in [0.25, 0.3) is 0 Å². The molecule has 59 heavy (non-hydrogen) atoms. The third-order valence-corrected chi connectivity index (χ3v) is 11.7. The van der Waals surface area contributed by atoms with Gasteiger partial charge in [-0.1, -0.05) is 193 Å². The Labute approximate surface area is 365 Å². The van der Waals surface area contributed by atoms with Gasteiger partial charge in [0, 0.05) is 13.7 Å². The molecule has 0 N–H and O–H groups in total. The normalized spacial score (nSPS) is 19.7. The maximum absolute atomic E-state index is 6.76. The van der Waals surface area contributed by atoms with E-state index < -0.39 is 30.7 Å². The van der Waals surface area contributed by atoms with E-state index in [2.05, 4.69) is 6.92 Å². The second-order valence-electron chi connectivity index (χ2n) is 15.5. The third-order valence-electron chi connectivity index (χ3n) is 10.7. The second-order valence-corrected chi connectivity index (χ2v) is 16.9. The Balaban J connectivity index is 1.33. The van der Waals surface area contributed by atoms with Crippen LogP contribution in [0.15, 0.2) is 91.0 Å². The molecule has 0 aromatic heterocycles. The number of benzene rings is 3. The molecule has 0 bridgehead atoms. The Hall–Kier alpha value is -2.38. The first-order chi connectivity index (χ1) is 29.1. The van der Waals surface area contributed by atoms with Crippen molar-refractivity contribution in [1.82, 2.24) is 0 Å². The fraction of sp³-hybridized carbons (Fsp3) is 0.612. The van der Waals surface area contributed by atoms with Gasteiger partial charge in [-0.15, -0.1) is 0 Å². The summed E-state index contributed by atoms with van der Waals surface area (Å²) < 4.78 is 51.8. The van der Waals surface area contributed by atoms with Crippen LogP contribution in [0.4, 0.5) is 0 Å². The van der Waals surface area contributed by atoms with Crippen molar-refractivity contribution in [1.29, 1.82) is 0 Å². The molecule has 0 radical (unpaired) electrons. The first-order valence-electron chi connectivity index (χ1n) is 22.2. The average molecular weight is 853 g/mol. The van der Waals surface area contributed by atoms with Crippen molar-refractivity contribution < 1.29 is 37.9 Å². The number of hydrogen-bond donors (Lipinski definition) is 0. The van der Waals surface area contributed by atoms with Crippen LogP contribution >= 0.6 is 24.0 Å². The molecule has 1 aliphatic heterocycles. The molecular weight excluding hydrogens is 781 g/mol. The molecular formula is C49H72O8S2. The van der Waals surface area contributed by atoms with Crippen molar-refractivity contribution in [3.8, 4) is 0 Å². The van der Waals surface area contributed by atoms with Crippen molar-refractivity contribution in [2.45, 2.75) is 153 Å². The Morgan fingerprint density at radius 1 is 0.593 bits per heavy atom. The van der Waals surface area contributed by atoms with Crippen LogP contribution in [0.1, 0.15) is 114 Å². The summed E-state index contributed by atoms with van der Waals surface area (Å²) in [4.78, 5) is 0. The Morgan fingerprint density at radius 2 is 1.08 bits per heavy atom. The Morgan fingerprint density at radius 3 is 1.59 bits per heavy atom. The van der Waals surface area contributed by atoms with Crippen LogP contribution in [-0.2, 0) is 57.7 Å². The van der Waals surface area contributed by atoms with Gasteiger partial charge in [0.2, 0.25) is 4.38 Å². The average Bonchev–Trinajstić information content (AvgIpc) is 3.27. The lowest BCUT2D eigenvalue weighted by Gasteiger charge is -2.45. The second kappa shape index (κ2) is 31.5. The highest BCUT2D eigenvalue weighted by Gasteiger charge is 2.50. The first-order valence-corrected chi connectivity index (χ1v) is 23.8. The molecule has 1 heterocycles. The van der Waals surface area contributed by atoms with Gasteiger partial charge in [-0.3, -0.25) is 0 Å². The maximum atomic E-state index is 6.76. The minimum atomic E-state index is -0.855. The highest BCUT2D eigenvalue weighted by molar-refractivity contribution is 8.22. The van der Waals surface area contributed by atoms with E-state index in [0.29, 0.717) is 37.4 Å². The fourth-order valence-electron chi connectivity index (χ4n) is 7.22. The first kappa shape index (κ1) is 49.3. The summed E-state index contributed by atoms with van der Waals surface area (Å²) in [5, 5.41) is 0. The standard InChI is InChI=1S/C49H72O8S2/c1-4-5-6-7-8-9-10-11-12-13-14-15-16-26-33-51-37-43(50-2)38-55-48-47(57-49(58)59-3)46(54-36-42-31-24-19-25-32-42)45(53-35-41-29-22-18-23-30-41)44(56-48)39-52-34-40-27-20-17-21-28-40/h17-25,27-32,43-48H,4-16,26,33-39H2,1-3H3/t43-,44-,45-,46+,47-,48-/m1/s1. The van der Waals surface area contributed by atoms with Gasteiger partial charge in [0.1, 0.15) is 24.4 Å². The molecule has 10 heteroatoms. The van der Waals surface area contributed by atoms with Gasteiger partial charge < -0.3 is 37.9 Å². The van der Waals surface area contributed by atoms with Crippen molar-refractivity contribution in [3.63, 3.8) is 0 Å². The fourth-order valence-corrected chi connectivity index (χ4v) is 7.54. The van der Waals surface area contributed by atoms with Crippen LogP contribution in [0, 0.1) is 0 Å². The van der Waals surface area contributed by atoms with Crippen molar-refractivity contribution in [3.05, 3.63) is 108 Å². The number of thioether (sulfide) groups is 1. The van der Waals surface area contributed by atoms with Gasteiger partial charge in [-0.2, -0.15) is 0 Å². The van der Waals surface area contributed by atoms with Crippen LogP contribution in [-0.4, -0.2) is 81.0 Å². The van der Waals surface area contributed by atoms with Crippen LogP contribution in [0.2, 0.25) is 0 Å². The summed E-state index contributed by atoms with van der Waals surface area (Å²) in [6, 6.07) is 30.2. The number of unbranched alkanes of at least 4 members (excludes halogenated alkanes) is 13. The largest absolute Gasteiger partial charge is 0.467 e. The minimum Gasteiger partial charge on any atom is -0.467 e. The van der Waals surface area contributed by atoms with Gasteiger partial charge in [0.05, 0.1) is 39.6 Å². The smallest absolute Gasteiger partial charge is 0.220 e. The summed E-state index contributed by atoms with van der Waals surface area (Å²) in [6.07, 6.45) is 16.9. The third kappa shape index (κ3) is 20.4. The molecule has 0 aliphatic carbocycles. The molecule has 1 saturated heterocycles. The van der Waals surface area contributed by atoms with Gasteiger partial charge in [-0.25, -0.2) is 0 Å². The molecule has 0 spiro atoms. The number of thiocarbonyl (C=S) groups is 1. The molecule has 0 unspecified atom stereocenters. The minimum absolute atomic E-state index is 0.227. The molecule has 3 aromatic rings. The molecule has 6 atom stereocenters. The van der Waals surface area contributed by atoms with E-state index >= 15 is 0 Å². The topological polar surface area (TPSA) is 73.8 Å². The number of rotatable bonds is 32. The van der Waals surface area contributed by atoms with Gasteiger partial charge in [0.15, 0.2) is 12.4 Å². The highest BCUT2D eigenvalue weighted by Crippen LogP contribution is 2.32. The molecule has 0 saturated carbocycles. The quantitative estimate of drug-likeness (QED) is 0.0448. The van der Waals surface area contributed by atoms with Crippen molar-refractivity contribution in [2.75, 3.05) is 39.8 Å². The lowest BCUT2D eigenvalue weighted by molar-refractivity contribution is -0.318. The zero-order chi connectivity index (χ0) is 41.6. The van der Waals surface area contributed by atoms with Gasteiger partial charge >= 0.3 is 0 Å². The van der Waals surface area contributed by atoms with Gasteiger partial charge in [-0.05, 0) is 41.6 Å². The molecule has 1 aliphatic rings. The van der Waals surface area contributed by atoms with Crippen LogP contribution < -0.4 is 0 Å². The van der Waals surface area contributed by atoms with E-state index in [1.165, 1.54) is 95.2 Å². The van der Waals surface area contributed by atoms with E-state index in [-0.39, 0.29) is 19.3 Å². The van der Waals surface area contributed by atoms with E-state index in [1.54, 1.807) is 7.11 Å². The number of hydrogen-bond acceptors (Lipinski definition) is 10. The van der Waals surface area contributed by atoms with Gasteiger partial charge in [0.25, 0.3) is 0 Å². The summed E-state index contributed by atoms with van der Waals surface area (Å²) in [5.41, 5.74) is 3.13. The number of ether oxygens (including phenoxy) is 8. The molecule has 0 amide bonds. The van der Waals surface area contributed by atoms with Crippen molar-refractivity contribution >= 4 is 28.4 Å². The predicted octanol–water partition coefficient (Wildman–Crippen LogP) is 11.7. The zero-order valence-electron chi connectivity index (χ0n) is 36.1. The molecule has 8 nitrogen and oxygen atoms in total. The van der Waals surface area contributed by atoms with E-state index in [0.717, 1.165) is 23.1 Å². The van der Waals surface area contributed by atoms with E-state index in [9.17, 15) is 0 Å². The highest BCUT2D eigenvalue weighted by atomic mass is 32.2. The van der Waals surface area contributed by atoms with Crippen molar-refractivity contribution in [2.24, 2.45) is 0 Å². The monoisotopic (exact) mass is 852 g/mol. The summed E-state index contributed by atoms with van der Waals surface area (Å²) in [7, 11) is 1.68. The molecule has 328 valence electrons.